The zero-order valence-corrected chi connectivity index (χ0v) is 12.4. The molecule has 0 N–H and O–H groups in total. The first-order chi connectivity index (χ1) is 7.24. The van der Waals surface area contributed by atoms with Gasteiger partial charge in [-0.05, 0) is 0 Å². The minimum Gasteiger partial charge on any atom is -0.463 e. The second-order valence-corrected chi connectivity index (χ2v) is 6.22. The maximum Gasteiger partial charge on any atom is 0.320 e. The van der Waals surface area contributed by atoms with Gasteiger partial charge in [0.25, 0.3) is 0 Å². The van der Waals surface area contributed by atoms with E-state index in [2.05, 4.69) is 36.8 Å². The fraction of sp³-hybridized carbons (Fsp3) is 0.889. The first-order valence-corrected chi connectivity index (χ1v) is 8.10. The Hall–Kier alpha value is 0.740. The number of carbonyl (C=O) groups is 1. The highest BCUT2D eigenvalue weighted by atomic mass is 79.9. The third-order valence-corrected chi connectivity index (χ3v) is 5.30. The molecule has 15 heavy (non-hydrogen) atoms. The van der Waals surface area contributed by atoms with Gasteiger partial charge in [-0.25, -0.2) is 0 Å². The van der Waals surface area contributed by atoms with Crippen LogP contribution in [0.15, 0.2) is 0 Å². The van der Waals surface area contributed by atoms with Crippen LogP contribution < -0.4 is 0 Å². The molecule has 0 bridgehead atoms. The Bertz CT molecular complexity index is 201. The van der Waals surface area contributed by atoms with Gasteiger partial charge in [-0.15, -0.1) is 0 Å². The van der Waals surface area contributed by atoms with Crippen LogP contribution in [0.4, 0.5) is 0 Å². The molecule has 6 heteroatoms. The molecule has 1 atom stereocenters. The van der Waals surface area contributed by atoms with Gasteiger partial charge in [-0.3, -0.25) is 9.69 Å². The topological polar surface area (TPSA) is 29.5 Å². The van der Waals surface area contributed by atoms with E-state index >= 15 is 0 Å². The molecule has 88 valence electrons. The van der Waals surface area contributed by atoms with E-state index in [0.717, 1.165) is 19.6 Å². The van der Waals surface area contributed by atoms with E-state index in [0.29, 0.717) is 11.9 Å². The summed E-state index contributed by atoms with van der Waals surface area (Å²) in [6, 6.07) is 0. The first-order valence-electron chi connectivity index (χ1n) is 4.91. The Kier molecular flexibility index (Phi) is 7.29. The lowest BCUT2D eigenvalue weighted by Gasteiger charge is -2.25. The summed E-state index contributed by atoms with van der Waals surface area (Å²) in [7, 11) is 0. The number of rotatable bonds is 5. The van der Waals surface area contributed by atoms with Gasteiger partial charge >= 0.3 is 5.97 Å². The monoisotopic (exact) mass is 359 g/mol. The number of halogens is 2. The summed E-state index contributed by atoms with van der Waals surface area (Å²) >= 11 is 8.44. The zero-order valence-electron chi connectivity index (χ0n) is 8.45. The minimum absolute atomic E-state index is 0.182. The van der Waals surface area contributed by atoms with Crippen molar-refractivity contribution in [2.24, 2.45) is 0 Å². The first kappa shape index (κ1) is 13.8. The summed E-state index contributed by atoms with van der Waals surface area (Å²) in [6.45, 7) is 3.57. The van der Waals surface area contributed by atoms with Gasteiger partial charge in [-0.2, -0.15) is 11.8 Å². The number of hydrogen-bond donors (Lipinski definition) is 0. The Balaban J connectivity index is 2.07. The lowest BCUT2D eigenvalue weighted by atomic mass is 10.4. The predicted molar refractivity (Wildman–Crippen MR) is 71.2 cm³/mol. The second kappa shape index (κ2) is 7.92. The SMILES string of the molecule is O=C(OCCN1CCSCC1)C(Br)CBr. The molecule has 0 aromatic rings. The van der Waals surface area contributed by atoms with Crippen molar-refractivity contribution in [1.29, 1.82) is 0 Å². The molecule has 1 unspecified atom stereocenters. The fourth-order valence-electron chi connectivity index (χ4n) is 1.25. The van der Waals surface area contributed by atoms with E-state index in [4.69, 9.17) is 4.74 Å². The van der Waals surface area contributed by atoms with Gasteiger partial charge in [0.15, 0.2) is 0 Å². The summed E-state index contributed by atoms with van der Waals surface area (Å²) < 4.78 is 5.13. The maximum atomic E-state index is 11.3. The van der Waals surface area contributed by atoms with Crippen LogP contribution in [0.25, 0.3) is 0 Å². The highest BCUT2D eigenvalue weighted by Gasteiger charge is 2.15. The summed E-state index contributed by atoms with van der Waals surface area (Å²) in [6.07, 6.45) is 0. The molecule has 0 aromatic heterocycles. The molecular formula is C9H15Br2NO2S. The Labute approximate surface area is 112 Å². The number of alkyl halides is 2. The molecule has 0 radical (unpaired) electrons. The molecule has 1 aliphatic rings. The molecule has 1 fully saturated rings. The van der Waals surface area contributed by atoms with Crippen molar-refractivity contribution < 1.29 is 9.53 Å². The molecule has 0 saturated carbocycles. The molecule has 1 aliphatic heterocycles. The smallest absolute Gasteiger partial charge is 0.320 e. The average Bonchev–Trinajstić information content (AvgIpc) is 2.29. The molecule has 0 spiro atoms. The van der Waals surface area contributed by atoms with Crippen molar-refractivity contribution in [3.8, 4) is 0 Å². The van der Waals surface area contributed by atoms with Crippen LogP contribution in [-0.4, -0.2) is 58.8 Å². The number of nitrogens with zero attached hydrogens (tertiary/aromatic N) is 1. The van der Waals surface area contributed by atoms with E-state index in [-0.39, 0.29) is 10.8 Å². The van der Waals surface area contributed by atoms with Crippen LogP contribution in [0.5, 0.6) is 0 Å². The van der Waals surface area contributed by atoms with E-state index in [9.17, 15) is 4.79 Å². The number of hydrogen-bond acceptors (Lipinski definition) is 4. The van der Waals surface area contributed by atoms with Crippen molar-refractivity contribution in [3.05, 3.63) is 0 Å². The van der Waals surface area contributed by atoms with Gasteiger partial charge in [0.2, 0.25) is 0 Å². The van der Waals surface area contributed by atoms with Crippen molar-refractivity contribution in [2.75, 3.05) is 43.1 Å². The summed E-state index contributed by atoms with van der Waals surface area (Å²) in [5.41, 5.74) is 0. The summed E-state index contributed by atoms with van der Waals surface area (Å²) in [4.78, 5) is 13.4. The molecule has 0 aromatic carbocycles. The molecule has 1 saturated heterocycles. The highest BCUT2D eigenvalue weighted by molar-refractivity contribution is 9.12. The second-order valence-electron chi connectivity index (χ2n) is 3.24. The highest BCUT2D eigenvalue weighted by Crippen LogP contribution is 2.09. The molecule has 0 aliphatic carbocycles. The van der Waals surface area contributed by atoms with Crippen molar-refractivity contribution in [3.63, 3.8) is 0 Å². The van der Waals surface area contributed by atoms with Gasteiger partial charge < -0.3 is 4.74 Å². The van der Waals surface area contributed by atoms with Gasteiger partial charge in [0, 0.05) is 36.5 Å². The molecule has 1 rings (SSSR count). The largest absolute Gasteiger partial charge is 0.463 e. The maximum absolute atomic E-state index is 11.3. The molecule has 1 heterocycles. The third-order valence-electron chi connectivity index (χ3n) is 2.15. The number of ether oxygens (including phenoxy) is 1. The standard InChI is InChI=1S/C9H15Br2NO2S/c10-7-8(11)9(13)14-4-1-12-2-5-15-6-3-12/h8H,1-7H2. The normalized spacial score (nSPS) is 19.9. The minimum atomic E-state index is -0.227. The van der Waals surface area contributed by atoms with Crippen molar-refractivity contribution in [2.45, 2.75) is 4.83 Å². The van der Waals surface area contributed by atoms with Crippen LogP contribution in [0.2, 0.25) is 0 Å². The number of thioether (sulfide) groups is 1. The summed E-state index contributed by atoms with van der Waals surface area (Å²) in [5, 5.41) is 0.589. The lowest BCUT2D eigenvalue weighted by molar-refractivity contribution is -0.142. The average molecular weight is 361 g/mol. The van der Waals surface area contributed by atoms with Crippen LogP contribution >= 0.6 is 43.6 Å². The van der Waals surface area contributed by atoms with Crippen LogP contribution in [0.1, 0.15) is 0 Å². The van der Waals surface area contributed by atoms with Crippen LogP contribution in [0.3, 0.4) is 0 Å². The van der Waals surface area contributed by atoms with Gasteiger partial charge in [0.1, 0.15) is 11.4 Å². The van der Waals surface area contributed by atoms with Crippen molar-refractivity contribution >= 4 is 49.6 Å². The fourth-order valence-corrected chi connectivity index (χ4v) is 2.63. The Morgan fingerprint density at radius 1 is 1.47 bits per heavy atom. The number of esters is 1. The van der Waals surface area contributed by atoms with Gasteiger partial charge in [-0.1, -0.05) is 31.9 Å². The Morgan fingerprint density at radius 2 is 2.13 bits per heavy atom. The lowest BCUT2D eigenvalue weighted by Crippen LogP contribution is -2.36. The van der Waals surface area contributed by atoms with E-state index in [1.54, 1.807) is 0 Å². The summed E-state index contributed by atoms with van der Waals surface area (Å²) in [5.74, 6) is 2.20. The predicted octanol–water partition coefficient (Wildman–Crippen LogP) is 1.74. The van der Waals surface area contributed by atoms with E-state index in [1.165, 1.54) is 11.5 Å². The molecule has 3 nitrogen and oxygen atoms in total. The van der Waals surface area contributed by atoms with Crippen LogP contribution in [-0.2, 0) is 9.53 Å². The third kappa shape index (κ3) is 5.56. The zero-order chi connectivity index (χ0) is 11.1. The molecule has 0 amide bonds. The van der Waals surface area contributed by atoms with E-state index < -0.39 is 0 Å². The van der Waals surface area contributed by atoms with E-state index in [1.807, 2.05) is 11.8 Å². The van der Waals surface area contributed by atoms with Gasteiger partial charge in [0.05, 0.1) is 0 Å². The van der Waals surface area contributed by atoms with Crippen LogP contribution in [0, 0.1) is 0 Å². The quantitative estimate of drug-likeness (QED) is 0.551. The van der Waals surface area contributed by atoms with Crippen molar-refractivity contribution in [1.82, 2.24) is 4.90 Å². The molecular weight excluding hydrogens is 346 g/mol. The Morgan fingerprint density at radius 3 is 2.73 bits per heavy atom. The number of carbonyl (C=O) groups excluding carboxylic acids is 1.